The van der Waals surface area contributed by atoms with Gasteiger partial charge in [0.05, 0.1) is 0 Å². The zero-order valence-corrected chi connectivity index (χ0v) is 12.4. The van der Waals surface area contributed by atoms with Crippen molar-refractivity contribution >= 4 is 23.3 Å². The Morgan fingerprint density at radius 2 is 1.95 bits per heavy atom. The lowest BCUT2D eigenvalue weighted by Gasteiger charge is -2.28. The third kappa shape index (κ3) is 2.83. The van der Waals surface area contributed by atoms with Gasteiger partial charge in [-0.05, 0) is 43.5 Å². The first-order valence-corrected chi connectivity index (χ1v) is 7.29. The van der Waals surface area contributed by atoms with Crippen molar-refractivity contribution in [2.24, 2.45) is 0 Å². The van der Waals surface area contributed by atoms with Gasteiger partial charge in [0.15, 0.2) is 0 Å². The van der Waals surface area contributed by atoms with E-state index >= 15 is 0 Å². The fourth-order valence-corrected chi connectivity index (χ4v) is 2.65. The number of hydrogen-bond donors (Lipinski definition) is 1. The molecule has 0 saturated carbocycles. The summed E-state index contributed by atoms with van der Waals surface area (Å²) in [6.45, 7) is 2.39. The molecule has 0 aliphatic carbocycles. The largest absolute Gasteiger partial charge is 0.316 e. The third-order valence-electron chi connectivity index (χ3n) is 3.68. The maximum absolute atomic E-state index is 12.4. The molecule has 1 aromatic carbocycles. The minimum atomic E-state index is -0.658. The molecule has 22 heavy (non-hydrogen) atoms. The molecule has 5 nitrogen and oxygen atoms in total. The van der Waals surface area contributed by atoms with Crippen molar-refractivity contribution in [3.05, 3.63) is 53.7 Å². The molecule has 5 heteroatoms. The summed E-state index contributed by atoms with van der Waals surface area (Å²) in [4.78, 5) is 30.4. The van der Waals surface area contributed by atoms with Crippen LogP contribution < -0.4 is 10.2 Å². The van der Waals surface area contributed by atoms with Crippen molar-refractivity contribution < 1.29 is 9.59 Å². The smallest absolute Gasteiger partial charge is 0.304 e. The highest BCUT2D eigenvalue weighted by Crippen LogP contribution is 2.26. The lowest BCUT2D eigenvalue weighted by Crippen LogP contribution is -2.42. The molecule has 0 atom stereocenters. The average Bonchev–Trinajstić information content (AvgIpc) is 2.53. The number of anilines is 2. The first-order valence-electron chi connectivity index (χ1n) is 7.29. The van der Waals surface area contributed by atoms with Gasteiger partial charge < -0.3 is 10.2 Å². The number of pyridine rings is 1. The van der Waals surface area contributed by atoms with Gasteiger partial charge in [-0.3, -0.25) is 9.59 Å². The van der Waals surface area contributed by atoms with Crippen LogP contribution in [-0.2, 0) is 16.0 Å². The van der Waals surface area contributed by atoms with Crippen LogP contribution in [0.15, 0.2) is 42.5 Å². The molecule has 1 N–H and O–H groups in total. The SMILES string of the molecule is Cc1cccc(NC(=O)C(=O)N2CCCc3ccccc32)n1. The van der Waals surface area contributed by atoms with Crippen LogP contribution in [0.25, 0.3) is 0 Å². The van der Waals surface area contributed by atoms with Crippen LogP contribution in [0.1, 0.15) is 17.7 Å². The van der Waals surface area contributed by atoms with Crippen LogP contribution in [0.4, 0.5) is 11.5 Å². The number of nitrogens with one attached hydrogen (secondary N) is 1. The summed E-state index contributed by atoms with van der Waals surface area (Å²) in [5, 5.41) is 2.57. The van der Waals surface area contributed by atoms with E-state index in [1.807, 2.05) is 37.3 Å². The second kappa shape index (κ2) is 5.97. The molecule has 0 bridgehead atoms. The van der Waals surface area contributed by atoms with Crippen molar-refractivity contribution in [3.8, 4) is 0 Å². The van der Waals surface area contributed by atoms with E-state index in [0.717, 1.165) is 29.8 Å². The van der Waals surface area contributed by atoms with Gasteiger partial charge in [-0.2, -0.15) is 0 Å². The predicted molar refractivity (Wildman–Crippen MR) is 84.7 cm³/mol. The number of aromatic nitrogens is 1. The second-order valence-electron chi connectivity index (χ2n) is 5.31. The third-order valence-corrected chi connectivity index (χ3v) is 3.68. The molecule has 0 saturated heterocycles. The van der Waals surface area contributed by atoms with E-state index in [0.29, 0.717) is 12.4 Å². The molecule has 1 aromatic heterocycles. The van der Waals surface area contributed by atoms with Crippen molar-refractivity contribution in [2.45, 2.75) is 19.8 Å². The Bertz CT molecular complexity index is 727. The van der Waals surface area contributed by atoms with Crippen LogP contribution in [0.5, 0.6) is 0 Å². The molecule has 3 rings (SSSR count). The van der Waals surface area contributed by atoms with Gasteiger partial charge in [-0.25, -0.2) is 4.98 Å². The van der Waals surface area contributed by atoms with Crippen molar-refractivity contribution in [2.75, 3.05) is 16.8 Å². The van der Waals surface area contributed by atoms with Crippen LogP contribution >= 0.6 is 0 Å². The molecule has 2 amide bonds. The van der Waals surface area contributed by atoms with Gasteiger partial charge in [-0.1, -0.05) is 24.3 Å². The van der Waals surface area contributed by atoms with Gasteiger partial charge >= 0.3 is 11.8 Å². The predicted octanol–water partition coefficient (Wildman–Crippen LogP) is 2.31. The van der Waals surface area contributed by atoms with Gasteiger partial charge in [0.25, 0.3) is 0 Å². The maximum atomic E-state index is 12.4. The summed E-state index contributed by atoms with van der Waals surface area (Å²) < 4.78 is 0. The maximum Gasteiger partial charge on any atom is 0.316 e. The van der Waals surface area contributed by atoms with Gasteiger partial charge in [0.2, 0.25) is 0 Å². The Hall–Kier alpha value is -2.69. The minimum Gasteiger partial charge on any atom is -0.304 e. The number of carbonyl (C=O) groups is 2. The number of hydrogen-bond acceptors (Lipinski definition) is 3. The number of amides is 2. The molecule has 112 valence electrons. The number of rotatable bonds is 1. The van der Waals surface area contributed by atoms with E-state index < -0.39 is 11.8 Å². The highest BCUT2D eigenvalue weighted by Gasteiger charge is 2.27. The van der Waals surface area contributed by atoms with E-state index in [1.54, 1.807) is 17.0 Å². The van der Waals surface area contributed by atoms with E-state index in [2.05, 4.69) is 10.3 Å². The molecule has 1 aliphatic heterocycles. The number of aryl methyl sites for hydroxylation is 2. The van der Waals surface area contributed by atoms with Crippen LogP contribution in [0, 0.1) is 6.92 Å². The number of benzene rings is 1. The molecule has 0 spiro atoms. The van der Waals surface area contributed by atoms with Gasteiger partial charge in [0, 0.05) is 17.9 Å². The molecule has 2 aromatic rings. The Kier molecular flexibility index (Phi) is 3.87. The summed E-state index contributed by atoms with van der Waals surface area (Å²) in [5.74, 6) is -0.811. The summed E-state index contributed by atoms with van der Waals surface area (Å²) >= 11 is 0. The van der Waals surface area contributed by atoms with Crippen molar-refractivity contribution in [3.63, 3.8) is 0 Å². The molecule has 0 unspecified atom stereocenters. The van der Waals surface area contributed by atoms with Gasteiger partial charge in [-0.15, -0.1) is 0 Å². The molecular weight excluding hydrogens is 278 g/mol. The monoisotopic (exact) mass is 295 g/mol. The summed E-state index contributed by atoms with van der Waals surface area (Å²) in [7, 11) is 0. The number of para-hydroxylation sites is 1. The number of carbonyl (C=O) groups excluding carboxylic acids is 2. The minimum absolute atomic E-state index is 0.392. The fourth-order valence-electron chi connectivity index (χ4n) is 2.65. The molecule has 1 aliphatic rings. The first kappa shape index (κ1) is 14.3. The molecular formula is C17H17N3O2. The zero-order valence-electron chi connectivity index (χ0n) is 12.4. The van der Waals surface area contributed by atoms with Crippen LogP contribution in [0.2, 0.25) is 0 Å². The number of nitrogens with zero attached hydrogens (tertiary/aromatic N) is 2. The lowest BCUT2D eigenvalue weighted by atomic mass is 10.0. The Balaban J connectivity index is 1.78. The van der Waals surface area contributed by atoms with E-state index in [1.165, 1.54) is 0 Å². The summed E-state index contributed by atoms with van der Waals surface area (Å²) in [5.41, 5.74) is 2.71. The highest BCUT2D eigenvalue weighted by atomic mass is 16.2. The Morgan fingerprint density at radius 1 is 1.14 bits per heavy atom. The molecule has 2 heterocycles. The Morgan fingerprint density at radius 3 is 2.77 bits per heavy atom. The number of fused-ring (bicyclic) bond motifs is 1. The van der Waals surface area contributed by atoms with E-state index in [9.17, 15) is 9.59 Å². The normalized spacial score (nSPS) is 13.4. The zero-order chi connectivity index (χ0) is 15.5. The van der Waals surface area contributed by atoms with E-state index in [4.69, 9.17) is 0 Å². The van der Waals surface area contributed by atoms with Crippen LogP contribution in [-0.4, -0.2) is 23.3 Å². The highest BCUT2D eigenvalue weighted by molar-refractivity contribution is 6.44. The first-order chi connectivity index (χ1) is 10.6. The summed E-state index contributed by atoms with van der Waals surface area (Å²) in [6.07, 6.45) is 1.79. The quantitative estimate of drug-likeness (QED) is 0.821. The second-order valence-corrected chi connectivity index (χ2v) is 5.31. The van der Waals surface area contributed by atoms with Gasteiger partial charge in [0.1, 0.15) is 5.82 Å². The molecule has 0 fully saturated rings. The standard InChI is InChI=1S/C17H17N3O2/c1-12-6-4-10-15(18-12)19-16(21)17(22)20-11-5-8-13-7-2-3-9-14(13)20/h2-4,6-7,9-10H,5,8,11H2,1H3,(H,18,19,21). The Labute approximate surface area is 129 Å². The van der Waals surface area contributed by atoms with Crippen LogP contribution in [0.3, 0.4) is 0 Å². The van der Waals surface area contributed by atoms with E-state index in [-0.39, 0.29) is 0 Å². The molecule has 0 radical (unpaired) electrons. The summed E-state index contributed by atoms with van der Waals surface area (Å²) in [6, 6.07) is 13.0. The average molecular weight is 295 g/mol. The topological polar surface area (TPSA) is 62.3 Å². The van der Waals surface area contributed by atoms with Crippen molar-refractivity contribution in [1.29, 1.82) is 0 Å². The fraction of sp³-hybridized carbons (Fsp3) is 0.235. The lowest BCUT2D eigenvalue weighted by molar-refractivity contribution is -0.134. The van der Waals surface area contributed by atoms with Crippen molar-refractivity contribution in [1.82, 2.24) is 4.98 Å².